The molecule has 1 fully saturated rings. The maximum atomic E-state index is 12.7. The zero-order chi connectivity index (χ0) is 16.3. The van der Waals surface area contributed by atoms with Gasteiger partial charge in [0.2, 0.25) is 0 Å². The summed E-state index contributed by atoms with van der Waals surface area (Å²) in [6, 6.07) is 4.74. The Kier molecular flexibility index (Phi) is 5.07. The van der Waals surface area contributed by atoms with Crippen LogP contribution in [0, 0.1) is 0 Å². The highest BCUT2D eigenvalue weighted by Gasteiger charge is 2.37. The molecule has 2 rings (SSSR count). The van der Waals surface area contributed by atoms with Crippen LogP contribution in [-0.4, -0.2) is 47.7 Å². The number of rotatable bonds is 5. The molecular weight excluding hydrogens is 296 g/mol. The smallest absolute Gasteiger partial charge is 0.305 e. The lowest BCUT2D eigenvalue weighted by Crippen LogP contribution is -2.37. The van der Waals surface area contributed by atoms with E-state index in [9.17, 15) is 18.4 Å². The number of benzene rings is 1. The minimum absolute atomic E-state index is 0.130. The minimum atomic E-state index is -2.66. The Labute approximate surface area is 126 Å². The van der Waals surface area contributed by atoms with Crippen molar-refractivity contribution in [2.75, 3.05) is 13.7 Å². The van der Waals surface area contributed by atoms with Crippen molar-refractivity contribution >= 4 is 11.9 Å². The van der Waals surface area contributed by atoms with Gasteiger partial charge in [0, 0.05) is 30.8 Å². The third-order valence-electron chi connectivity index (χ3n) is 3.77. The van der Waals surface area contributed by atoms with E-state index in [4.69, 9.17) is 9.84 Å². The summed E-state index contributed by atoms with van der Waals surface area (Å²) in [5.41, 5.74) is -0.104. The molecule has 0 spiro atoms. The Bertz CT molecular complexity index is 564. The number of aliphatic carboxylic acids is 1. The molecule has 1 aromatic rings. The quantitative estimate of drug-likeness (QED) is 0.906. The maximum Gasteiger partial charge on any atom is 0.305 e. The molecule has 2 atom stereocenters. The van der Waals surface area contributed by atoms with Gasteiger partial charge in [-0.15, -0.1) is 0 Å². The molecule has 2 unspecified atom stereocenters. The van der Waals surface area contributed by atoms with E-state index < -0.39 is 24.3 Å². The van der Waals surface area contributed by atoms with Crippen molar-refractivity contribution in [3.05, 3.63) is 35.4 Å². The summed E-state index contributed by atoms with van der Waals surface area (Å²) in [4.78, 5) is 24.8. The van der Waals surface area contributed by atoms with E-state index in [0.717, 1.165) is 6.07 Å². The highest BCUT2D eigenvalue weighted by atomic mass is 19.3. The number of likely N-dealkylation sites (tertiary alicyclic amines) is 1. The molecule has 1 aromatic carbocycles. The first kappa shape index (κ1) is 16.4. The van der Waals surface area contributed by atoms with Crippen LogP contribution in [0.2, 0.25) is 0 Å². The SMILES string of the molecule is COC1CC(CC(=O)O)N(C(=O)c2cccc(C(F)F)c2)C1. The lowest BCUT2D eigenvalue weighted by Gasteiger charge is -2.23. The van der Waals surface area contributed by atoms with Crippen LogP contribution < -0.4 is 0 Å². The van der Waals surface area contributed by atoms with Crippen LogP contribution in [0.1, 0.15) is 35.2 Å². The predicted molar refractivity (Wildman–Crippen MR) is 73.9 cm³/mol. The molecular formula is C15H17F2NO4. The van der Waals surface area contributed by atoms with Crippen molar-refractivity contribution in [2.24, 2.45) is 0 Å². The second kappa shape index (κ2) is 6.83. The van der Waals surface area contributed by atoms with Crippen molar-refractivity contribution in [1.29, 1.82) is 0 Å². The molecule has 0 saturated carbocycles. The second-order valence-electron chi connectivity index (χ2n) is 5.23. The van der Waals surface area contributed by atoms with Crippen molar-refractivity contribution in [3.8, 4) is 0 Å². The summed E-state index contributed by atoms with van der Waals surface area (Å²) in [7, 11) is 1.49. The van der Waals surface area contributed by atoms with Crippen molar-refractivity contribution in [3.63, 3.8) is 0 Å². The molecule has 0 radical (unpaired) electrons. The molecule has 1 aliphatic rings. The van der Waals surface area contributed by atoms with E-state index >= 15 is 0 Å². The molecule has 1 N–H and O–H groups in total. The standard InChI is InChI=1S/C15H17F2NO4/c1-22-12-6-11(7-13(19)20)18(8-12)15(21)10-4-2-3-9(5-10)14(16)17/h2-5,11-12,14H,6-8H2,1H3,(H,19,20). The first-order chi connectivity index (χ1) is 10.4. The fourth-order valence-electron chi connectivity index (χ4n) is 2.66. The van der Waals surface area contributed by atoms with Gasteiger partial charge in [0.1, 0.15) is 0 Å². The van der Waals surface area contributed by atoms with Gasteiger partial charge in [-0.3, -0.25) is 9.59 Å². The molecule has 7 heteroatoms. The fraction of sp³-hybridized carbons (Fsp3) is 0.467. The second-order valence-corrected chi connectivity index (χ2v) is 5.23. The summed E-state index contributed by atoms with van der Waals surface area (Å²) in [5.74, 6) is -1.46. The minimum Gasteiger partial charge on any atom is -0.481 e. The summed E-state index contributed by atoms with van der Waals surface area (Å²) in [5, 5.41) is 8.94. The van der Waals surface area contributed by atoms with Crippen molar-refractivity contribution < 1.29 is 28.2 Å². The molecule has 1 aliphatic heterocycles. The largest absolute Gasteiger partial charge is 0.481 e. The number of methoxy groups -OCH3 is 1. The highest BCUT2D eigenvalue weighted by Crippen LogP contribution is 2.26. The molecule has 1 amide bonds. The zero-order valence-electron chi connectivity index (χ0n) is 12.0. The van der Waals surface area contributed by atoms with Gasteiger partial charge in [-0.05, 0) is 18.6 Å². The molecule has 0 bridgehead atoms. The average molecular weight is 313 g/mol. The van der Waals surface area contributed by atoms with Gasteiger partial charge in [-0.2, -0.15) is 0 Å². The van der Waals surface area contributed by atoms with Crippen LogP contribution in [0.3, 0.4) is 0 Å². The van der Waals surface area contributed by atoms with E-state index in [0.29, 0.717) is 6.42 Å². The normalized spacial score (nSPS) is 21.4. The number of carbonyl (C=O) groups excluding carboxylic acids is 1. The number of nitrogens with zero attached hydrogens (tertiary/aromatic N) is 1. The number of amides is 1. The summed E-state index contributed by atoms with van der Waals surface area (Å²) < 4.78 is 30.7. The third-order valence-corrected chi connectivity index (χ3v) is 3.77. The van der Waals surface area contributed by atoms with E-state index in [-0.39, 0.29) is 30.2 Å². The van der Waals surface area contributed by atoms with E-state index in [2.05, 4.69) is 0 Å². The number of hydrogen-bond acceptors (Lipinski definition) is 3. The lowest BCUT2D eigenvalue weighted by atomic mass is 10.1. The predicted octanol–water partition coefficient (Wildman–Crippen LogP) is 2.33. The topological polar surface area (TPSA) is 66.8 Å². The number of carbonyl (C=O) groups is 2. The molecule has 120 valence electrons. The van der Waals surface area contributed by atoms with Crippen LogP contribution >= 0.6 is 0 Å². The molecule has 22 heavy (non-hydrogen) atoms. The lowest BCUT2D eigenvalue weighted by molar-refractivity contribution is -0.137. The first-order valence-electron chi connectivity index (χ1n) is 6.86. The number of hydrogen-bond donors (Lipinski definition) is 1. The van der Waals surface area contributed by atoms with Gasteiger partial charge in [0.25, 0.3) is 12.3 Å². The number of ether oxygens (including phenoxy) is 1. The van der Waals surface area contributed by atoms with E-state index in [1.165, 1.54) is 30.2 Å². The number of carboxylic acids is 1. The zero-order valence-corrected chi connectivity index (χ0v) is 12.0. The Balaban J connectivity index is 2.22. The van der Waals surface area contributed by atoms with Crippen LogP contribution in [0.5, 0.6) is 0 Å². The van der Waals surface area contributed by atoms with Crippen molar-refractivity contribution in [1.82, 2.24) is 4.90 Å². The fourth-order valence-corrected chi connectivity index (χ4v) is 2.66. The molecule has 0 aromatic heterocycles. The van der Waals surface area contributed by atoms with Gasteiger partial charge >= 0.3 is 5.97 Å². The van der Waals surface area contributed by atoms with Gasteiger partial charge in [-0.1, -0.05) is 12.1 Å². The number of halogens is 2. The highest BCUT2D eigenvalue weighted by molar-refractivity contribution is 5.95. The molecule has 5 nitrogen and oxygen atoms in total. The number of alkyl halides is 2. The Hall–Kier alpha value is -2.02. The van der Waals surface area contributed by atoms with Gasteiger partial charge in [-0.25, -0.2) is 8.78 Å². The first-order valence-corrected chi connectivity index (χ1v) is 6.86. The monoisotopic (exact) mass is 313 g/mol. The summed E-state index contributed by atoms with van der Waals surface area (Å²) in [6.45, 7) is 0.256. The van der Waals surface area contributed by atoms with Crippen LogP contribution in [-0.2, 0) is 9.53 Å². The van der Waals surface area contributed by atoms with Crippen LogP contribution in [0.15, 0.2) is 24.3 Å². The Morgan fingerprint density at radius 1 is 1.45 bits per heavy atom. The van der Waals surface area contributed by atoms with Crippen LogP contribution in [0.25, 0.3) is 0 Å². The van der Waals surface area contributed by atoms with E-state index in [1.807, 2.05) is 0 Å². The molecule has 1 saturated heterocycles. The van der Waals surface area contributed by atoms with Gasteiger partial charge in [0.05, 0.1) is 12.5 Å². The Morgan fingerprint density at radius 3 is 2.77 bits per heavy atom. The summed E-state index contributed by atoms with van der Waals surface area (Å²) >= 11 is 0. The molecule has 0 aliphatic carbocycles. The maximum absolute atomic E-state index is 12.7. The van der Waals surface area contributed by atoms with Gasteiger partial charge < -0.3 is 14.7 Å². The van der Waals surface area contributed by atoms with E-state index in [1.54, 1.807) is 0 Å². The summed E-state index contributed by atoms with van der Waals surface area (Å²) in [6.07, 6.45) is -2.68. The average Bonchev–Trinajstić information content (AvgIpc) is 2.88. The molecule has 1 heterocycles. The Morgan fingerprint density at radius 2 is 2.18 bits per heavy atom. The number of carboxylic acid groups (broad SMARTS) is 1. The van der Waals surface area contributed by atoms with Crippen LogP contribution in [0.4, 0.5) is 8.78 Å². The third kappa shape index (κ3) is 3.59. The van der Waals surface area contributed by atoms with Gasteiger partial charge in [0.15, 0.2) is 0 Å². The van der Waals surface area contributed by atoms with Crippen molar-refractivity contribution in [2.45, 2.75) is 31.4 Å².